The molecular weight excluding hydrogens is 317 g/mol. The lowest BCUT2D eigenvalue weighted by Crippen LogP contribution is -2.03. The first kappa shape index (κ1) is 15.0. The molecule has 0 bridgehead atoms. The predicted octanol–water partition coefficient (Wildman–Crippen LogP) is 3.89. The highest BCUT2D eigenvalue weighted by molar-refractivity contribution is 7.39. The van der Waals surface area contributed by atoms with Crippen molar-refractivity contribution in [2.24, 2.45) is 0 Å². The Balaban J connectivity index is 1.77. The van der Waals surface area contributed by atoms with E-state index in [1.807, 2.05) is 31.3 Å². The van der Waals surface area contributed by atoms with E-state index in [-0.39, 0.29) is 5.91 Å². The fourth-order valence-corrected chi connectivity index (χ4v) is 4.03. The second-order valence-corrected chi connectivity index (χ2v) is 6.85. The van der Waals surface area contributed by atoms with Gasteiger partial charge in [-0.1, -0.05) is 24.8 Å². The first-order chi connectivity index (χ1) is 11.7. The summed E-state index contributed by atoms with van der Waals surface area (Å²) >= 11 is 0. The highest BCUT2D eigenvalue weighted by Crippen LogP contribution is 2.38. The molecule has 0 aromatic heterocycles. The summed E-state index contributed by atoms with van der Waals surface area (Å²) in [6.07, 6.45) is 3.04. The Hall–Kier alpha value is -2.58. The van der Waals surface area contributed by atoms with Crippen LogP contribution >= 0.6 is 8.73 Å². The van der Waals surface area contributed by atoms with E-state index < -0.39 is 0 Å². The van der Waals surface area contributed by atoms with E-state index in [4.69, 9.17) is 0 Å². The van der Waals surface area contributed by atoms with Gasteiger partial charge in [-0.2, -0.15) is 0 Å². The van der Waals surface area contributed by atoms with Gasteiger partial charge in [-0.15, -0.1) is 0 Å². The highest BCUT2D eigenvalue weighted by Gasteiger charge is 2.24. The van der Waals surface area contributed by atoms with Crippen molar-refractivity contribution in [3.05, 3.63) is 65.2 Å². The minimum Gasteiger partial charge on any atom is -0.388 e. The van der Waals surface area contributed by atoms with Crippen LogP contribution in [0.3, 0.4) is 0 Å². The summed E-state index contributed by atoms with van der Waals surface area (Å²) in [5.74, 6) is -0.0625. The maximum absolute atomic E-state index is 12.4. The van der Waals surface area contributed by atoms with Crippen molar-refractivity contribution in [2.75, 3.05) is 17.5 Å². The summed E-state index contributed by atoms with van der Waals surface area (Å²) in [4.78, 5) is 12.4. The van der Waals surface area contributed by atoms with Gasteiger partial charge in [0.25, 0.3) is 5.91 Å². The number of anilines is 2. The smallest absolute Gasteiger partial charge is 0.256 e. The topological polar surface area (TPSA) is 53.2 Å². The SMILES string of the molecule is C=C(NC)c1ccc2c(c1)/C(=C\c1ccc3c(c1)NPC3)C(=O)N2. The molecule has 1 amide bonds. The molecule has 1 unspecified atom stereocenters. The fraction of sp³-hybridized carbons (Fsp3) is 0.105. The van der Waals surface area contributed by atoms with E-state index in [0.717, 1.165) is 43.0 Å². The zero-order chi connectivity index (χ0) is 16.7. The van der Waals surface area contributed by atoms with Crippen LogP contribution in [0.15, 0.2) is 43.0 Å². The van der Waals surface area contributed by atoms with Gasteiger partial charge in [0.05, 0.1) is 0 Å². The summed E-state index contributed by atoms with van der Waals surface area (Å²) in [6.45, 7) is 3.99. The molecular formula is C19H18N3OP. The van der Waals surface area contributed by atoms with E-state index in [1.54, 1.807) is 0 Å². The number of rotatable bonds is 3. The van der Waals surface area contributed by atoms with Crippen LogP contribution in [0.5, 0.6) is 0 Å². The second kappa shape index (κ2) is 5.81. The van der Waals surface area contributed by atoms with Crippen LogP contribution in [0, 0.1) is 0 Å². The second-order valence-electron chi connectivity index (χ2n) is 5.90. The largest absolute Gasteiger partial charge is 0.388 e. The maximum Gasteiger partial charge on any atom is 0.256 e. The summed E-state index contributed by atoms with van der Waals surface area (Å²) < 4.78 is 0. The molecule has 0 radical (unpaired) electrons. The molecule has 2 aliphatic heterocycles. The minimum absolute atomic E-state index is 0.0625. The molecule has 2 aromatic carbocycles. The van der Waals surface area contributed by atoms with Gasteiger partial charge in [0, 0.05) is 41.4 Å². The van der Waals surface area contributed by atoms with Crippen molar-refractivity contribution in [3.63, 3.8) is 0 Å². The van der Waals surface area contributed by atoms with Gasteiger partial charge in [-0.25, -0.2) is 0 Å². The van der Waals surface area contributed by atoms with Gasteiger partial charge in [-0.3, -0.25) is 4.79 Å². The predicted molar refractivity (Wildman–Crippen MR) is 103 cm³/mol. The Morgan fingerprint density at radius 2 is 2.12 bits per heavy atom. The van der Waals surface area contributed by atoms with E-state index >= 15 is 0 Å². The highest BCUT2D eigenvalue weighted by atomic mass is 31.1. The Morgan fingerprint density at radius 1 is 1.25 bits per heavy atom. The lowest BCUT2D eigenvalue weighted by Gasteiger charge is -2.07. The molecule has 2 heterocycles. The molecule has 0 spiro atoms. The van der Waals surface area contributed by atoms with Crippen LogP contribution in [0.1, 0.15) is 22.3 Å². The summed E-state index contributed by atoms with van der Waals surface area (Å²) in [5.41, 5.74) is 7.83. The van der Waals surface area contributed by atoms with Crippen molar-refractivity contribution in [1.29, 1.82) is 0 Å². The molecule has 2 aliphatic rings. The molecule has 1 atom stereocenters. The minimum atomic E-state index is -0.0625. The molecule has 4 nitrogen and oxygen atoms in total. The van der Waals surface area contributed by atoms with Crippen LogP contribution in [-0.4, -0.2) is 13.0 Å². The number of hydrogen-bond donors (Lipinski definition) is 3. The van der Waals surface area contributed by atoms with Crippen LogP contribution < -0.4 is 15.7 Å². The Bertz CT molecular complexity index is 901. The van der Waals surface area contributed by atoms with Crippen LogP contribution in [-0.2, 0) is 11.0 Å². The normalized spacial score (nSPS) is 17.4. The number of benzene rings is 2. The lowest BCUT2D eigenvalue weighted by molar-refractivity contribution is -0.110. The molecule has 3 N–H and O–H groups in total. The molecule has 0 saturated heterocycles. The zero-order valence-electron chi connectivity index (χ0n) is 13.4. The van der Waals surface area contributed by atoms with E-state index in [2.05, 4.69) is 40.5 Å². The Labute approximate surface area is 142 Å². The van der Waals surface area contributed by atoms with Crippen LogP contribution in [0.2, 0.25) is 0 Å². The number of carbonyl (C=O) groups is 1. The van der Waals surface area contributed by atoms with Gasteiger partial charge >= 0.3 is 0 Å². The van der Waals surface area contributed by atoms with E-state index in [1.165, 1.54) is 11.3 Å². The number of amides is 1. The van der Waals surface area contributed by atoms with Crippen LogP contribution in [0.25, 0.3) is 17.3 Å². The fourth-order valence-electron chi connectivity index (χ4n) is 3.02. The van der Waals surface area contributed by atoms with Gasteiger partial charge in [-0.05, 0) is 49.7 Å². The molecule has 120 valence electrons. The van der Waals surface area contributed by atoms with Gasteiger partial charge < -0.3 is 15.7 Å². The number of carbonyl (C=O) groups excluding carboxylic acids is 1. The van der Waals surface area contributed by atoms with Crippen molar-refractivity contribution < 1.29 is 4.79 Å². The maximum atomic E-state index is 12.4. The van der Waals surface area contributed by atoms with Gasteiger partial charge in [0.2, 0.25) is 0 Å². The first-order valence-electron chi connectivity index (χ1n) is 7.82. The summed E-state index contributed by atoms with van der Waals surface area (Å²) in [5, 5.41) is 9.39. The molecule has 4 rings (SSSR count). The quantitative estimate of drug-likeness (QED) is 0.589. The summed E-state index contributed by atoms with van der Waals surface area (Å²) in [6, 6.07) is 12.2. The lowest BCUT2D eigenvalue weighted by atomic mass is 10.00. The molecule has 2 aromatic rings. The third-order valence-electron chi connectivity index (χ3n) is 4.40. The van der Waals surface area contributed by atoms with Gasteiger partial charge in [0.1, 0.15) is 0 Å². The van der Waals surface area contributed by atoms with Crippen molar-refractivity contribution in [2.45, 2.75) is 6.16 Å². The van der Waals surface area contributed by atoms with Gasteiger partial charge in [0.15, 0.2) is 0 Å². The summed E-state index contributed by atoms with van der Waals surface area (Å²) in [7, 11) is 2.59. The van der Waals surface area contributed by atoms with Crippen molar-refractivity contribution in [3.8, 4) is 0 Å². The average Bonchev–Trinajstić information content (AvgIpc) is 3.18. The van der Waals surface area contributed by atoms with Crippen molar-refractivity contribution in [1.82, 2.24) is 5.32 Å². The molecule has 0 aliphatic carbocycles. The zero-order valence-corrected chi connectivity index (χ0v) is 14.4. The average molecular weight is 335 g/mol. The Morgan fingerprint density at radius 3 is 2.96 bits per heavy atom. The molecule has 0 fully saturated rings. The number of fused-ring (bicyclic) bond motifs is 2. The molecule has 0 saturated carbocycles. The number of nitrogens with one attached hydrogen (secondary N) is 3. The molecule has 24 heavy (non-hydrogen) atoms. The monoisotopic (exact) mass is 335 g/mol. The molecule has 5 heteroatoms. The Kier molecular flexibility index (Phi) is 3.62. The third-order valence-corrected chi connectivity index (χ3v) is 5.40. The standard InChI is InChI=1S/C19H18N3OP/c1-11(20-2)13-5-6-17-15(9-13)16(19(23)21-17)7-12-3-4-14-10-24-22-18(14)8-12/h3-9,20,22,24H,1,10H2,2H3,(H,21,23)/b16-7+. The van der Waals surface area contributed by atoms with Crippen molar-refractivity contribution >= 4 is 43.4 Å². The van der Waals surface area contributed by atoms with E-state index in [9.17, 15) is 4.79 Å². The first-order valence-corrected chi connectivity index (χ1v) is 9.03. The number of hydrogen-bond acceptors (Lipinski definition) is 3. The van der Waals surface area contributed by atoms with E-state index in [0.29, 0.717) is 5.57 Å². The van der Waals surface area contributed by atoms with Crippen LogP contribution in [0.4, 0.5) is 11.4 Å². The third kappa shape index (κ3) is 2.49.